The summed E-state index contributed by atoms with van der Waals surface area (Å²) in [7, 11) is 0. The highest BCUT2D eigenvalue weighted by Gasteiger charge is 2.21. The topological polar surface area (TPSA) is 40.5 Å². The monoisotopic (exact) mass is 237 g/mol. The molecule has 0 aromatic heterocycles. The number of aromatic hydroxyl groups is 1. The largest absolute Gasteiger partial charge is 0.507 e. The first-order chi connectivity index (χ1) is 7.70. The fourth-order valence-corrected chi connectivity index (χ4v) is 2.67. The molecule has 0 radical (unpaired) electrons. The number of hydrogen-bond donors (Lipinski definition) is 1. The maximum Gasteiger partial charge on any atom is 0.257 e. The van der Waals surface area contributed by atoms with Gasteiger partial charge in [-0.25, -0.2) is 0 Å². The highest BCUT2D eigenvalue weighted by molar-refractivity contribution is 7.99. The molecule has 0 aliphatic carbocycles. The van der Waals surface area contributed by atoms with Crippen molar-refractivity contribution in [2.24, 2.45) is 0 Å². The lowest BCUT2D eigenvalue weighted by Gasteiger charge is -2.26. The normalized spacial score (nSPS) is 16.2. The zero-order valence-corrected chi connectivity index (χ0v) is 10.1. The van der Waals surface area contributed by atoms with Crippen LogP contribution in [0.3, 0.4) is 0 Å². The van der Waals surface area contributed by atoms with Gasteiger partial charge in [0.25, 0.3) is 5.91 Å². The minimum Gasteiger partial charge on any atom is -0.507 e. The Kier molecular flexibility index (Phi) is 3.39. The second-order valence-electron chi connectivity index (χ2n) is 3.88. The van der Waals surface area contributed by atoms with E-state index in [1.54, 1.807) is 25.1 Å². The molecule has 4 heteroatoms. The first-order valence-corrected chi connectivity index (χ1v) is 6.51. The third-order valence-corrected chi connectivity index (χ3v) is 3.71. The number of aryl methyl sites for hydroxylation is 1. The first-order valence-electron chi connectivity index (χ1n) is 5.36. The zero-order chi connectivity index (χ0) is 11.5. The Balaban J connectivity index is 2.22. The molecule has 0 bridgehead atoms. The van der Waals surface area contributed by atoms with Crippen molar-refractivity contribution in [2.75, 3.05) is 24.6 Å². The van der Waals surface area contributed by atoms with Crippen molar-refractivity contribution < 1.29 is 9.90 Å². The molecule has 0 unspecified atom stereocenters. The molecule has 1 aromatic rings. The number of para-hydroxylation sites is 1. The maximum atomic E-state index is 12.1. The number of phenols is 1. The Labute approximate surface area is 99.5 Å². The summed E-state index contributed by atoms with van der Waals surface area (Å²) < 4.78 is 0. The number of nitrogens with zero attached hydrogens (tertiary/aromatic N) is 1. The molecule has 1 fully saturated rings. The van der Waals surface area contributed by atoms with Gasteiger partial charge in [-0.15, -0.1) is 0 Å². The lowest BCUT2D eigenvalue weighted by atomic mass is 10.1. The predicted octanol–water partition coefficient (Wildman–Crippen LogP) is 1.89. The van der Waals surface area contributed by atoms with Gasteiger partial charge < -0.3 is 10.0 Å². The minimum atomic E-state index is -0.0542. The van der Waals surface area contributed by atoms with Crippen LogP contribution in [0.25, 0.3) is 0 Å². The van der Waals surface area contributed by atoms with Crippen LogP contribution in [0.5, 0.6) is 5.75 Å². The van der Waals surface area contributed by atoms with E-state index >= 15 is 0 Å². The van der Waals surface area contributed by atoms with Gasteiger partial charge in [0.05, 0.1) is 5.56 Å². The number of thioether (sulfide) groups is 1. The van der Waals surface area contributed by atoms with Gasteiger partial charge in [0.15, 0.2) is 0 Å². The second-order valence-corrected chi connectivity index (χ2v) is 5.10. The van der Waals surface area contributed by atoms with Gasteiger partial charge in [0.1, 0.15) is 5.75 Å². The third kappa shape index (κ3) is 2.16. The predicted molar refractivity (Wildman–Crippen MR) is 66.1 cm³/mol. The van der Waals surface area contributed by atoms with Gasteiger partial charge in [-0.2, -0.15) is 11.8 Å². The molecule has 1 amide bonds. The Morgan fingerprint density at radius 2 is 2.06 bits per heavy atom. The molecule has 0 spiro atoms. The molecule has 1 heterocycles. The van der Waals surface area contributed by atoms with Crippen LogP contribution in [0.1, 0.15) is 15.9 Å². The Bertz CT molecular complexity index is 400. The molecule has 1 aromatic carbocycles. The fourth-order valence-electron chi connectivity index (χ4n) is 1.77. The van der Waals surface area contributed by atoms with Crippen molar-refractivity contribution in [1.82, 2.24) is 4.90 Å². The maximum absolute atomic E-state index is 12.1. The van der Waals surface area contributed by atoms with E-state index in [4.69, 9.17) is 0 Å². The van der Waals surface area contributed by atoms with E-state index in [1.807, 2.05) is 16.7 Å². The molecular weight excluding hydrogens is 222 g/mol. The van der Waals surface area contributed by atoms with E-state index in [0.717, 1.165) is 30.2 Å². The molecule has 0 saturated carbocycles. The van der Waals surface area contributed by atoms with Crippen molar-refractivity contribution in [1.29, 1.82) is 0 Å². The summed E-state index contributed by atoms with van der Waals surface area (Å²) in [6.07, 6.45) is 0. The molecule has 2 rings (SSSR count). The van der Waals surface area contributed by atoms with Gasteiger partial charge in [-0.1, -0.05) is 12.1 Å². The Morgan fingerprint density at radius 1 is 1.38 bits per heavy atom. The second kappa shape index (κ2) is 4.78. The van der Waals surface area contributed by atoms with E-state index in [-0.39, 0.29) is 11.7 Å². The highest BCUT2D eigenvalue weighted by atomic mass is 32.2. The average Bonchev–Trinajstić information content (AvgIpc) is 2.33. The molecule has 1 saturated heterocycles. The summed E-state index contributed by atoms with van der Waals surface area (Å²) in [6.45, 7) is 3.35. The van der Waals surface area contributed by atoms with Gasteiger partial charge in [-0.05, 0) is 18.6 Å². The van der Waals surface area contributed by atoms with Crippen molar-refractivity contribution >= 4 is 17.7 Å². The summed E-state index contributed by atoms with van der Waals surface area (Å²) in [5.41, 5.74) is 1.17. The standard InChI is InChI=1S/C12H15NO2S/c1-9-3-2-4-10(11(9)14)12(15)13-5-7-16-8-6-13/h2-4,14H,5-8H2,1H3. The Morgan fingerprint density at radius 3 is 2.75 bits per heavy atom. The molecule has 1 N–H and O–H groups in total. The molecule has 0 atom stereocenters. The van der Waals surface area contributed by atoms with Crippen LogP contribution in [-0.2, 0) is 0 Å². The van der Waals surface area contributed by atoms with Crippen LogP contribution in [0.4, 0.5) is 0 Å². The number of carbonyl (C=O) groups is 1. The zero-order valence-electron chi connectivity index (χ0n) is 9.27. The van der Waals surface area contributed by atoms with Crippen LogP contribution in [-0.4, -0.2) is 40.5 Å². The summed E-state index contributed by atoms with van der Waals surface area (Å²) >= 11 is 1.86. The van der Waals surface area contributed by atoms with Crippen LogP contribution in [0, 0.1) is 6.92 Å². The molecule has 1 aliphatic rings. The smallest absolute Gasteiger partial charge is 0.257 e. The van der Waals surface area contributed by atoms with Crippen molar-refractivity contribution in [3.05, 3.63) is 29.3 Å². The van der Waals surface area contributed by atoms with Crippen molar-refractivity contribution in [3.63, 3.8) is 0 Å². The van der Waals surface area contributed by atoms with E-state index < -0.39 is 0 Å². The molecule has 3 nitrogen and oxygen atoms in total. The van der Waals surface area contributed by atoms with Gasteiger partial charge >= 0.3 is 0 Å². The number of rotatable bonds is 1. The number of hydrogen-bond acceptors (Lipinski definition) is 3. The number of carbonyl (C=O) groups excluding carboxylic acids is 1. The SMILES string of the molecule is Cc1cccc(C(=O)N2CCSCC2)c1O. The van der Waals surface area contributed by atoms with E-state index in [9.17, 15) is 9.90 Å². The summed E-state index contributed by atoms with van der Waals surface area (Å²) in [5, 5.41) is 9.85. The van der Waals surface area contributed by atoms with Crippen LogP contribution in [0.15, 0.2) is 18.2 Å². The van der Waals surface area contributed by atoms with Crippen molar-refractivity contribution in [3.8, 4) is 5.75 Å². The van der Waals surface area contributed by atoms with Crippen LogP contribution in [0.2, 0.25) is 0 Å². The quantitative estimate of drug-likeness (QED) is 0.811. The highest BCUT2D eigenvalue weighted by Crippen LogP contribution is 2.23. The fraction of sp³-hybridized carbons (Fsp3) is 0.417. The van der Waals surface area contributed by atoms with Crippen LogP contribution < -0.4 is 0 Å². The van der Waals surface area contributed by atoms with Gasteiger partial charge in [0, 0.05) is 24.6 Å². The summed E-state index contributed by atoms with van der Waals surface area (Å²) in [6, 6.07) is 5.30. The van der Waals surface area contributed by atoms with Gasteiger partial charge in [0.2, 0.25) is 0 Å². The lowest BCUT2D eigenvalue weighted by molar-refractivity contribution is 0.0769. The number of amides is 1. The molecule has 86 valence electrons. The summed E-state index contributed by atoms with van der Waals surface area (Å²) in [4.78, 5) is 13.9. The number of phenolic OH excluding ortho intramolecular Hbond substituents is 1. The lowest BCUT2D eigenvalue weighted by Crippen LogP contribution is -2.37. The van der Waals surface area contributed by atoms with E-state index in [1.165, 1.54) is 0 Å². The van der Waals surface area contributed by atoms with E-state index in [0.29, 0.717) is 5.56 Å². The van der Waals surface area contributed by atoms with Gasteiger partial charge in [-0.3, -0.25) is 4.79 Å². The average molecular weight is 237 g/mol. The summed E-state index contributed by atoms with van der Waals surface area (Å²) in [5.74, 6) is 2.03. The van der Waals surface area contributed by atoms with Crippen molar-refractivity contribution in [2.45, 2.75) is 6.92 Å². The molecule has 16 heavy (non-hydrogen) atoms. The molecule has 1 aliphatic heterocycles. The Hall–Kier alpha value is -1.16. The number of benzene rings is 1. The third-order valence-electron chi connectivity index (χ3n) is 2.77. The first kappa shape index (κ1) is 11.3. The van der Waals surface area contributed by atoms with Crippen LogP contribution >= 0.6 is 11.8 Å². The molecular formula is C12H15NO2S. The minimum absolute atomic E-state index is 0.0542. The van der Waals surface area contributed by atoms with E-state index in [2.05, 4.69) is 0 Å².